The van der Waals surface area contributed by atoms with Crippen LogP contribution in [0.3, 0.4) is 0 Å². The highest BCUT2D eigenvalue weighted by Crippen LogP contribution is 2.22. The van der Waals surface area contributed by atoms with E-state index in [9.17, 15) is 5.11 Å². The van der Waals surface area contributed by atoms with Crippen LogP contribution in [0, 0.1) is 5.92 Å². The fourth-order valence-corrected chi connectivity index (χ4v) is 3.38. The molecule has 0 amide bonds. The summed E-state index contributed by atoms with van der Waals surface area (Å²) in [7, 11) is 1.67. The summed E-state index contributed by atoms with van der Waals surface area (Å²) in [5, 5.41) is 9.59. The lowest BCUT2D eigenvalue weighted by atomic mass is 9.96. The van der Waals surface area contributed by atoms with Crippen LogP contribution >= 0.6 is 11.3 Å². The SMILES string of the molecule is CCc1ccc(CC(CO)Cc2ccc(OC)cc2)s1. The van der Waals surface area contributed by atoms with Gasteiger partial charge in [0.1, 0.15) is 5.75 Å². The Labute approximate surface area is 125 Å². The standard InChI is InChI=1S/C17H22O2S/c1-3-16-8-9-17(20-16)11-14(12-18)10-13-4-6-15(19-2)7-5-13/h4-9,14,18H,3,10-12H2,1-2H3. The van der Waals surface area contributed by atoms with Crippen molar-refractivity contribution in [3.63, 3.8) is 0 Å². The summed E-state index contributed by atoms with van der Waals surface area (Å²) in [4.78, 5) is 2.79. The van der Waals surface area contributed by atoms with Gasteiger partial charge < -0.3 is 9.84 Å². The first kappa shape index (κ1) is 15.1. The zero-order valence-electron chi connectivity index (χ0n) is 12.1. The number of methoxy groups -OCH3 is 1. The minimum Gasteiger partial charge on any atom is -0.497 e. The van der Waals surface area contributed by atoms with Crippen molar-refractivity contribution in [1.29, 1.82) is 0 Å². The van der Waals surface area contributed by atoms with Crippen molar-refractivity contribution in [2.75, 3.05) is 13.7 Å². The van der Waals surface area contributed by atoms with Gasteiger partial charge in [-0.2, -0.15) is 0 Å². The third kappa shape index (κ3) is 4.09. The fourth-order valence-electron chi connectivity index (χ4n) is 2.30. The number of hydrogen-bond donors (Lipinski definition) is 1. The van der Waals surface area contributed by atoms with Gasteiger partial charge in [-0.1, -0.05) is 19.1 Å². The molecule has 2 nitrogen and oxygen atoms in total. The Kier molecular flexibility index (Phi) is 5.62. The minimum atomic E-state index is 0.228. The minimum absolute atomic E-state index is 0.228. The first-order chi connectivity index (χ1) is 9.75. The molecule has 0 fully saturated rings. The first-order valence-corrected chi connectivity index (χ1v) is 7.88. The van der Waals surface area contributed by atoms with Crippen molar-refractivity contribution in [2.45, 2.75) is 26.2 Å². The maximum Gasteiger partial charge on any atom is 0.118 e. The van der Waals surface area contributed by atoms with E-state index in [-0.39, 0.29) is 12.5 Å². The van der Waals surface area contributed by atoms with Gasteiger partial charge in [0.15, 0.2) is 0 Å². The zero-order valence-corrected chi connectivity index (χ0v) is 13.0. The Morgan fingerprint density at radius 2 is 1.75 bits per heavy atom. The highest BCUT2D eigenvalue weighted by molar-refractivity contribution is 7.11. The number of aryl methyl sites for hydroxylation is 1. The quantitative estimate of drug-likeness (QED) is 0.842. The molecule has 108 valence electrons. The van der Waals surface area contributed by atoms with Gasteiger partial charge in [0.05, 0.1) is 7.11 Å². The number of aliphatic hydroxyl groups is 1. The van der Waals surface area contributed by atoms with Crippen molar-refractivity contribution in [1.82, 2.24) is 0 Å². The molecule has 0 aliphatic heterocycles. The lowest BCUT2D eigenvalue weighted by Crippen LogP contribution is -2.12. The molecule has 0 radical (unpaired) electrons. The molecule has 1 aromatic heterocycles. The molecule has 20 heavy (non-hydrogen) atoms. The number of hydrogen-bond acceptors (Lipinski definition) is 3. The predicted octanol–water partition coefficient (Wildman–Crippen LogP) is 3.71. The lowest BCUT2D eigenvalue weighted by Gasteiger charge is -2.13. The Morgan fingerprint density at radius 1 is 1.05 bits per heavy atom. The molecule has 1 unspecified atom stereocenters. The van der Waals surface area contributed by atoms with Crippen LogP contribution in [0.4, 0.5) is 0 Å². The molecule has 3 heteroatoms. The normalized spacial score (nSPS) is 12.3. The summed E-state index contributed by atoms with van der Waals surface area (Å²) in [5.41, 5.74) is 1.25. The van der Waals surface area contributed by atoms with Crippen LogP contribution in [0.1, 0.15) is 22.2 Å². The van der Waals surface area contributed by atoms with Crippen molar-refractivity contribution in [3.8, 4) is 5.75 Å². The molecule has 0 spiro atoms. The summed E-state index contributed by atoms with van der Waals surface area (Å²) in [5.74, 6) is 1.16. The van der Waals surface area contributed by atoms with Gasteiger partial charge in [0.2, 0.25) is 0 Å². The average Bonchev–Trinajstić information content (AvgIpc) is 2.95. The number of aliphatic hydroxyl groups excluding tert-OH is 1. The molecule has 0 bridgehead atoms. The molecular weight excluding hydrogens is 268 g/mol. The second-order valence-corrected chi connectivity index (χ2v) is 6.28. The largest absolute Gasteiger partial charge is 0.497 e. The molecule has 1 aromatic carbocycles. The van der Waals surface area contributed by atoms with Gasteiger partial charge in [0, 0.05) is 16.4 Å². The second kappa shape index (κ2) is 7.46. The monoisotopic (exact) mass is 290 g/mol. The maximum absolute atomic E-state index is 9.59. The summed E-state index contributed by atoms with van der Waals surface area (Å²) in [6.45, 7) is 2.40. The Bertz CT molecular complexity index is 516. The Morgan fingerprint density at radius 3 is 2.30 bits per heavy atom. The maximum atomic E-state index is 9.59. The van der Waals surface area contributed by atoms with E-state index in [2.05, 4.69) is 31.2 Å². The van der Waals surface area contributed by atoms with E-state index < -0.39 is 0 Å². The van der Waals surface area contributed by atoms with Crippen LogP contribution in [0.2, 0.25) is 0 Å². The Balaban J connectivity index is 1.97. The summed E-state index contributed by atoms with van der Waals surface area (Å²) < 4.78 is 5.16. The van der Waals surface area contributed by atoms with Crippen LogP contribution in [0.25, 0.3) is 0 Å². The van der Waals surface area contributed by atoms with E-state index in [1.54, 1.807) is 7.11 Å². The lowest BCUT2D eigenvalue weighted by molar-refractivity contribution is 0.225. The molecule has 0 saturated heterocycles. The van der Waals surface area contributed by atoms with Gasteiger partial charge in [-0.25, -0.2) is 0 Å². The molecule has 1 atom stereocenters. The highest BCUT2D eigenvalue weighted by Gasteiger charge is 2.11. The zero-order chi connectivity index (χ0) is 14.4. The predicted molar refractivity (Wildman–Crippen MR) is 84.7 cm³/mol. The van der Waals surface area contributed by atoms with Crippen molar-refractivity contribution < 1.29 is 9.84 Å². The molecule has 0 aliphatic rings. The van der Waals surface area contributed by atoms with Gasteiger partial charge >= 0.3 is 0 Å². The number of rotatable bonds is 7. The van der Waals surface area contributed by atoms with Crippen LogP contribution < -0.4 is 4.74 Å². The van der Waals surface area contributed by atoms with Crippen LogP contribution in [-0.2, 0) is 19.3 Å². The third-order valence-corrected chi connectivity index (χ3v) is 4.75. The molecule has 1 heterocycles. The van der Waals surface area contributed by atoms with Crippen LogP contribution in [-0.4, -0.2) is 18.8 Å². The van der Waals surface area contributed by atoms with E-state index in [0.29, 0.717) is 0 Å². The summed E-state index contributed by atoms with van der Waals surface area (Å²) in [6, 6.07) is 12.5. The fraction of sp³-hybridized carbons (Fsp3) is 0.412. The van der Waals surface area contributed by atoms with E-state index >= 15 is 0 Å². The average molecular weight is 290 g/mol. The molecule has 2 aromatic rings. The third-order valence-electron chi connectivity index (χ3n) is 3.50. The van der Waals surface area contributed by atoms with Gasteiger partial charge in [-0.05, 0) is 55.0 Å². The van der Waals surface area contributed by atoms with Crippen molar-refractivity contribution in [3.05, 3.63) is 51.7 Å². The second-order valence-electron chi connectivity index (χ2n) is 5.03. The van der Waals surface area contributed by atoms with Crippen LogP contribution in [0.15, 0.2) is 36.4 Å². The van der Waals surface area contributed by atoms with Gasteiger partial charge in [0.25, 0.3) is 0 Å². The molecule has 1 N–H and O–H groups in total. The molecular formula is C17H22O2S. The topological polar surface area (TPSA) is 29.5 Å². The number of thiophene rings is 1. The van der Waals surface area contributed by atoms with Crippen molar-refractivity contribution in [2.24, 2.45) is 5.92 Å². The van der Waals surface area contributed by atoms with Gasteiger partial charge in [-0.3, -0.25) is 0 Å². The van der Waals surface area contributed by atoms with Crippen LogP contribution in [0.5, 0.6) is 5.75 Å². The van der Waals surface area contributed by atoms with Gasteiger partial charge in [-0.15, -0.1) is 11.3 Å². The summed E-state index contributed by atoms with van der Waals surface area (Å²) >= 11 is 1.86. The highest BCUT2D eigenvalue weighted by atomic mass is 32.1. The van der Waals surface area contributed by atoms with E-state index in [4.69, 9.17) is 4.74 Å². The molecule has 0 saturated carbocycles. The first-order valence-electron chi connectivity index (χ1n) is 7.06. The summed E-state index contributed by atoms with van der Waals surface area (Å²) in [6.07, 6.45) is 2.94. The van der Waals surface area contributed by atoms with Crippen molar-refractivity contribution >= 4 is 11.3 Å². The number of benzene rings is 1. The van der Waals surface area contributed by atoms with E-state index in [1.165, 1.54) is 15.3 Å². The van der Waals surface area contributed by atoms with E-state index in [0.717, 1.165) is 25.0 Å². The number of ether oxygens (including phenoxy) is 1. The smallest absolute Gasteiger partial charge is 0.118 e. The molecule has 2 rings (SSSR count). The Hall–Kier alpha value is -1.32. The molecule has 0 aliphatic carbocycles. The van der Waals surface area contributed by atoms with E-state index in [1.807, 2.05) is 23.5 Å².